The number of piperidine rings is 1. The van der Waals surface area contributed by atoms with E-state index in [-0.39, 0.29) is 23.6 Å². The van der Waals surface area contributed by atoms with Crippen molar-refractivity contribution >= 4 is 34.6 Å². The second kappa shape index (κ2) is 7.67. The number of hydrogen-bond acceptors (Lipinski definition) is 5. The number of nitrogens with zero attached hydrogens (tertiary/aromatic N) is 2. The van der Waals surface area contributed by atoms with Crippen LogP contribution in [0.15, 0.2) is 42.5 Å². The van der Waals surface area contributed by atoms with Crippen molar-refractivity contribution in [1.82, 2.24) is 5.43 Å². The maximum absolute atomic E-state index is 13.0. The highest BCUT2D eigenvalue weighted by atomic mass is 35.5. The fraction of sp³-hybridized carbons (Fsp3) is 0.350. The largest absolute Gasteiger partial charge is 0.368 e. The van der Waals surface area contributed by atoms with Gasteiger partial charge in [-0.05, 0) is 55.5 Å². The molecule has 7 nitrogen and oxygen atoms in total. The third-order valence-electron chi connectivity index (χ3n) is 5.53. The van der Waals surface area contributed by atoms with Crippen LogP contribution in [0.4, 0.5) is 17.1 Å². The molecule has 1 amide bonds. The van der Waals surface area contributed by atoms with Crippen molar-refractivity contribution in [1.29, 1.82) is 0 Å². The van der Waals surface area contributed by atoms with Gasteiger partial charge in [0.05, 0.1) is 16.5 Å². The monoisotopic (exact) mass is 400 g/mol. The Balaban J connectivity index is 1.56. The molecule has 0 aromatic heterocycles. The summed E-state index contributed by atoms with van der Waals surface area (Å²) in [6.07, 6.45) is 3.56. The number of rotatable bonds is 4. The fourth-order valence-corrected chi connectivity index (χ4v) is 4.43. The molecule has 2 N–H and O–H groups in total. The van der Waals surface area contributed by atoms with Gasteiger partial charge in [-0.3, -0.25) is 25.8 Å². The zero-order valence-electron chi connectivity index (χ0n) is 15.2. The lowest BCUT2D eigenvalue weighted by Gasteiger charge is -2.45. The Morgan fingerprint density at radius 2 is 2.07 bits per heavy atom. The maximum atomic E-state index is 13.0. The van der Waals surface area contributed by atoms with Gasteiger partial charge in [0.1, 0.15) is 0 Å². The summed E-state index contributed by atoms with van der Waals surface area (Å²) in [5, 5.41) is 11.7. The van der Waals surface area contributed by atoms with E-state index < -0.39 is 4.92 Å². The molecule has 146 valence electrons. The predicted octanol–water partition coefficient (Wildman–Crippen LogP) is 3.92. The summed E-state index contributed by atoms with van der Waals surface area (Å²) in [6.45, 7) is 0.862. The molecule has 4 rings (SSSR count). The highest BCUT2D eigenvalue weighted by Gasteiger charge is 2.40. The Bertz CT molecular complexity index is 920. The van der Waals surface area contributed by atoms with Crippen LogP contribution in [0.25, 0.3) is 0 Å². The minimum Gasteiger partial charge on any atom is -0.368 e. The Morgan fingerprint density at radius 1 is 1.21 bits per heavy atom. The van der Waals surface area contributed by atoms with Crippen LogP contribution in [0.1, 0.15) is 24.8 Å². The third kappa shape index (κ3) is 3.62. The molecule has 0 aliphatic carbocycles. The lowest BCUT2D eigenvalue weighted by Crippen LogP contribution is -2.53. The number of amides is 1. The molecule has 2 atom stereocenters. The SMILES string of the molecule is O=C(NNc1cccc(Cl)c1)C1Cc2cc([N+](=O)[O-])ccc2N2CCCCC12. The number of nitrogens with one attached hydrogen (secondary N) is 2. The van der Waals surface area contributed by atoms with E-state index in [0.717, 1.165) is 37.1 Å². The van der Waals surface area contributed by atoms with Crippen LogP contribution in [-0.2, 0) is 11.2 Å². The molecule has 28 heavy (non-hydrogen) atoms. The molecule has 2 aromatic rings. The number of nitro groups is 1. The van der Waals surface area contributed by atoms with Crippen LogP contribution in [0.3, 0.4) is 0 Å². The van der Waals surface area contributed by atoms with Gasteiger partial charge in [0.15, 0.2) is 0 Å². The van der Waals surface area contributed by atoms with Crippen molar-refractivity contribution in [2.45, 2.75) is 31.7 Å². The molecule has 8 heteroatoms. The summed E-state index contributed by atoms with van der Waals surface area (Å²) in [5.74, 6) is -0.393. The van der Waals surface area contributed by atoms with Gasteiger partial charge in [-0.15, -0.1) is 0 Å². The number of fused-ring (bicyclic) bond motifs is 3. The Morgan fingerprint density at radius 3 is 2.86 bits per heavy atom. The van der Waals surface area contributed by atoms with Crippen LogP contribution in [0.5, 0.6) is 0 Å². The Kier molecular flexibility index (Phi) is 5.09. The number of anilines is 2. The van der Waals surface area contributed by atoms with Crippen LogP contribution in [0, 0.1) is 16.0 Å². The lowest BCUT2D eigenvalue weighted by atomic mass is 9.80. The van der Waals surface area contributed by atoms with Crippen molar-refractivity contribution in [3.8, 4) is 0 Å². The van der Waals surface area contributed by atoms with Gasteiger partial charge in [-0.1, -0.05) is 17.7 Å². The minimum atomic E-state index is -0.391. The first-order valence-corrected chi connectivity index (χ1v) is 9.76. The number of benzene rings is 2. The van der Waals surface area contributed by atoms with E-state index in [9.17, 15) is 14.9 Å². The van der Waals surface area contributed by atoms with Crippen LogP contribution in [0.2, 0.25) is 5.02 Å². The topological polar surface area (TPSA) is 87.5 Å². The number of halogens is 1. The van der Waals surface area contributed by atoms with Crippen molar-refractivity contribution in [2.75, 3.05) is 16.9 Å². The summed E-state index contributed by atoms with van der Waals surface area (Å²) < 4.78 is 0. The van der Waals surface area contributed by atoms with Gasteiger partial charge in [-0.25, -0.2) is 0 Å². The van der Waals surface area contributed by atoms with Crippen molar-refractivity contribution < 1.29 is 9.72 Å². The molecule has 0 spiro atoms. The molecule has 0 bridgehead atoms. The van der Waals surface area contributed by atoms with Crippen LogP contribution < -0.4 is 15.8 Å². The molecule has 0 saturated carbocycles. The molecule has 2 aromatic carbocycles. The number of hydrogen-bond donors (Lipinski definition) is 2. The third-order valence-corrected chi connectivity index (χ3v) is 5.76. The van der Waals surface area contributed by atoms with Gasteiger partial charge < -0.3 is 4.90 Å². The summed E-state index contributed by atoms with van der Waals surface area (Å²) in [5.41, 5.74) is 8.35. The van der Waals surface area contributed by atoms with Crippen molar-refractivity contribution in [3.05, 3.63) is 63.2 Å². The number of non-ortho nitro benzene ring substituents is 1. The zero-order chi connectivity index (χ0) is 19.7. The molecular formula is C20H21ClN4O3. The standard InChI is InChI=1S/C20H21ClN4O3/c21-14-4-3-5-15(12-14)22-23-20(26)17-11-13-10-16(25(27)28)7-8-18(13)24-9-2-1-6-19(17)24/h3-5,7-8,10,12,17,19,22H,1-2,6,9,11H2,(H,23,26). The smallest absolute Gasteiger partial charge is 0.269 e. The van der Waals surface area contributed by atoms with Gasteiger partial charge in [-0.2, -0.15) is 0 Å². The van der Waals surface area contributed by atoms with E-state index in [1.165, 1.54) is 0 Å². The van der Waals surface area contributed by atoms with E-state index in [0.29, 0.717) is 17.1 Å². The van der Waals surface area contributed by atoms with Crippen molar-refractivity contribution in [2.24, 2.45) is 5.92 Å². The lowest BCUT2D eigenvalue weighted by molar-refractivity contribution is -0.384. The predicted molar refractivity (Wildman–Crippen MR) is 108 cm³/mol. The van der Waals surface area contributed by atoms with E-state index in [1.807, 2.05) is 12.1 Å². The number of carbonyl (C=O) groups excluding carboxylic acids is 1. The molecule has 1 saturated heterocycles. The first-order valence-electron chi connectivity index (χ1n) is 9.38. The number of nitro benzene ring substituents is 1. The van der Waals surface area contributed by atoms with E-state index in [2.05, 4.69) is 15.8 Å². The summed E-state index contributed by atoms with van der Waals surface area (Å²) >= 11 is 5.98. The maximum Gasteiger partial charge on any atom is 0.269 e. The first kappa shape index (κ1) is 18.6. The molecule has 2 unspecified atom stereocenters. The molecule has 1 fully saturated rings. The number of carbonyl (C=O) groups is 1. The number of hydrazine groups is 1. The molecule has 0 radical (unpaired) electrons. The summed E-state index contributed by atoms with van der Waals surface area (Å²) in [4.78, 5) is 26.0. The normalized spacial score (nSPS) is 20.7. The van der Waals surface area contributed by atoms with Crippen LogP contribution >= 0.6 is 11.6 Å². The summed E-state index contributed by atoms with van der Waals surface area (Å²) in [7, 11) is 0. The van der Waals surface area contributed by atoms with Gasteiger partial charge in [0.2, 0.25) is 5.91 Å². The van der Waals surface area contributed by atoms with Gasteiger partial charge in [0.25, 0.3) is 5.69 Å². The fourth-order valence-electron chi connectivity index (χ4n) is 4.24. The highest BCUT2D eigenvalue weighted by Crippen LogP contribution is 2.39. The molecule has 2 aliphatic rings. The van der Waals surface area contributed by atoms with Gasteiger partial charge >= 0.3 is 0 Å². The second-order valence-corrected chi connectivity index (χ2v) is 7.70. The summed E-state index contributed by atoms with van der Waals surface area (Å²) in [6, 6.07) is 12.2. The van der Waals surface area contributed by atoms with E-state index in [4.69, 9.17) is 11.6 Å². The van der Waals surface area contributed by atoms with Gasteiger partial charge in [0, 0.05) is 35.4 Å². The highest BCUT2D eigenvalue weighted by molar-refractivity contribution is 6.30. The second-order valence-electron chi connectivity index (χ2n) is 7.26. The zero-order valence-corrected chi connectivity index (χ0v) is 16.0. The van der Waals surface area contributed by atoms with Crippen LogP contribution in [-0.4, -0.2) is 23.4 Å². The Hall–Kier alpha value is -2.80. The molecule has 2 aliphatic heterocycles. The molecular weight excluding hydrogens is 380 g/mol. The van der Waals surface area contributed by atoms with E-state index in [1.54, 1.807) is 30.3 Å². The van der Waals surface area contributed by atoms with Crippen molar-refractivity contribution in [3.63, 3.8) is 0 Å². The minimum absolute atomic E-state index is 0.0606. The quantitative estimate of drug-likeness (QED) is 0.599. The average molecular weight is 401 g/mol. The first-order chi connectivity index (χ1) is 13.5. The van der Waals surface area contributed by atoms with E-state index >= 15 is 0 Å². The average Bonchev–Trinajstić information content (AvgIpc) is 2.71. The molecule has 2 heterocycles. The Labute approximate surface area is 167 Å².